The lowest BCUT2D eigenvalue weighted by Crippen LogP contribution is -2.38. The van der Waals surface area contributed by atoms with E-state index in [0.29, 0.717) is 30.1 Å². The lowest BCUT2D eigenvalue weighted by atomic mass is 9.66. The maximum Gasteiger partial charge on any atom is 0.246 e. The zero-order valence-corrected chi connectivity index (χ0v) is 20.8. The van der Waals surface area contributed by atoms with Crippen LogP contribution in [0.25, 0.3) is 22.8 Å². The molecular formula is C28H25F2N5O2. The quantitative estimate of drug-likeness (QED) is 0.340. The van der Waals surface area contributed by atoms with Gasteiger partial charge in [0.1, 0.15) is 29.4 Å². The van der Waals surface area contributed by atoms with Crippen molar-refractivity contribution in [2.45, 2.75) is 57.8 Å². The highest BCUT2D eigenvalue weighted by molar-refractivity contribution is 5.75. The van der Waals surface area contributed by atoms with Crippen molar-refractivity contribution in [1.29, 1.82) is 0 Å². The van der Waals surface area contributed by atoms with Crippen LogP contribution in [0.5, 0.6) is 0 Å². The van der Waals surface area contributed by atoms with Crippen molar-refractivity contribution in [2.75, 3.05) is 0 Å². The molecular weight excluding hydrogens is 476 g/mol. The molecule has 0 radical (unpaired) electrons. The van der Waals surface area contributed by atoms with Crippen molar-refractivity contribution in [2.24, 2.45) is 5.41 Å². The minimum atomic E-state index is -0.668. The summed E-state index contributed by atoms with van der Waals surface area (Å²) in [7, 11) is 0. The Morgan fingerprint density at radius 2 is 1.89 bits per heavy atom. The van der Waals surface area contributed by atoms with Gasteiger partial charge in [0, 0.05) is 12.6 Å². The normalized spacial score (nSPS) is 21.3. The van der Waals surface area contributed by atoms with Gasteiger partial charge in [-0.3, -0.25) is 4.98 Å². The van der Waals surface area contributed by atoms with Crippen molar-refractivity contribution in [3.63, 3.8) is 0 Å². The molecule has 1 aromatic carbocycles. The molecule has 1 fully saturated rings. The Balaban J connectivity index is 1.43. The molecule has 0 amide bonds. The third-order valence-electron chi connectivity index (χ3n) is 8.18. The molecule has 188 valence electrons. The summed E-state index contributed by atoms with van der Waals surface area (Å²) in [6, 6.07) is 5.56. The first kappa shape index (κ1) is 23.5. The molecule has 0 saturated heterocycles. The fourth-order valence-corrected chi connectivity index (χ4v) is 6.27. The van der Waals surface area contributed by atoms with Crippen molar-refractivity contribution in [3.05, 3.63) is 77.2 Å². The molecule has 1 saturated carbocycles. The van der Waals surface area contributed by atoms with Gasteiger partial charge in [0.25, 0.3) is 0 Å². The molecule has 7 nitrogen and oxygen atoms in total. The van der Waals surface area contributed by atoms with Crippen LogP contribution >= 0.6 is 0 Å². The third-order valence-corrected chi connectivity index (χ3v) is 8.18. The van der Waals surface area contributed by atoms with Crippen LogP contribution in [0.15, 0.2) is 47.3 Å². The average Bonchev–Trinajstić information content (AvgIpc) is 3.50. The number of ketones is 1. The molecule has 6 rings (SSSR count). The van der Waals surface area contributed by atoms with Gasteiger partial charge in [0.15, 0.2) is 0 Å². The first-order chi connectivity index (χ1) is 17.7. The molecule has 9 heteroatoms. The monoisotopic (exact) mass is 501 g/mol. The molecule has 37 heavy (non-hydrogen) atoms. The molecule has 2 aliphatic carbocycles. The number of carbonyl (C=O) groups is 1. The first-order valence-electron chi connectivity index (χ1n) is 12.3. The molecule has 4 aromatic rings. The van der Waals surface area contributed by atoms with Crippen LogP contribution < -0.4 is 0 Å². The standard InChI is InChI=1S/C28H25F2N5O2/c1-15(36)7-8-16-14-37-26(32-16)22-12-31-13-23(33-22)28-10-9-18(27(28,2)3)17-11-21(34-35-25(17)28)24-19(29)5-4-6-20(24)30/h4-6,11-14,18H,7-10H2,1-3H3/t18-,28-/m0/s1. The molecule has 0 N–H and O–H groups in total. The Morgan fingerprint density at radius 1 is 1.11 bits per heavy atom. The van der Waals surface area contributed by atoms with Gasteiger partial charge in [0.2, 0.25) is 5.89 Å². The van der Waals surface area contributed by atoms with Gasteiger partial charge >= 0.3 is 0 Å². The smallest absolute Gasteiger partial charge is 0.246 e. The minimum Gasteiger partial charge on any atom is -0.443 e. The van der Waals surface area contributed by atoms with Crippen LogP contribution in [0, 0.1) is 17.0 Å². The maximum absolute atomic E-state index is 14.5. The summed E-state index contributed by atoms with van der Waals surface area (Å²) in [5.74, 6) is -0.786. The van der Waals surface area contributed by atoms with Crippen molar-refractivity contribution in [3.8, 4) is 22.8 Å². The van der Waals surface area contributed by atoms with Crippen molar-refractivity contribution < 1.29 is 18.0 Å². The topological polar surface area (TPSA) is 94.7 Å². The number of carbonyl (C=O) groups excluding carboxylic acids is 1. The number of aromatic nitrogens is 5. The minimum absolute atomic E-state index is 0.0883. The number of aryl methyl sites for hydroxylation is 1. The molecule has 0 aliphatic heterocycles. The number of rotatable bonds is 6. The van der Waals surface area contributed by atoms with Crippen LogP contribution in [0.1, 0.15) is 68.6 Å². The summed E-state index contributed by atoms with van der Waals surface area (Å²) in [5.41, 5.74) is 2.79. The van der Waals surface area contributed by atoms with E-state index >= 15 is 0 Å². The van der Waals surface area contributed by atoms with E-state index in [0.717, 1.165) is 29.8 Å². The Hall–Kier alpha value is -3.88. The zero-order valence-electron chi connectivity index (χ0n) is 20.8. The molecule has 0 unspecified atom stereocenters. The summed E-state index contributed by atoms with van der Waals surface area (Å²) < 4.78 is 34.7. The second-order valence-electron chi connectivity index (χ2n) is 10.5. The van der Waals surface area contributed by atoms with Crippen molar-refractivity contribution >= 4 is 5.78 Å². The number of fused-ring (bicyclic) bond motifs is 5. The Labute approximate surface area is 212 Å². The number of nitrogens with zero attached hydrogens (tertiary/aromatic N) is 5. The van der Waals surface area contributed by atoms with E-state index in [4.69, 9.17) is 9.40 Å². The van der Waals surface area contributed by atoms with Gasteiger partial charge in [-0.2, -0.15) is 5.10 Å². The predicted molar refractivity (Wildman–Crippen MR) is 130 cm³/mol. The summed E-state index contributed by atoms with van der Waals surface area (Å²) in [6.07, 6.45) is 7.46. The molecule has 0 spiro atoms. The van der Waals surface area contributed by atoms with E-state index in [1.807, 2.05) is 0 Å². The summed E-state index contributed by atoms with van der Waals surface area (Å²) >= 11 is 0. The fourth-order valence-electron chi connectivity index (χ4n) is 6.27. The molecule has 2 bridgehead atoms. The largest absolute Gasteiger partial charge is 0.443 e. The van der Waals surface area contributed by atoms with Crippen LogP contribution in [-0.4, -0.2) is 30.9 Å². The number of hydrogen-bond donors (Lipinski definition) is 0. The van der Waals surface area contributed by atoms with Gasteiger partial charge in [-0.05, 0) is 61.3 Å². The van der Waals surface area contributed by atoms with E-state index in [1.54, 1.807) is 31.6 Å². The highest BCUT2D eigenvalue weighted by atomic mass is 19.1. The second-order valence-corrected chi connectivity index (χ2v) is 10.5. The number of oxazole rings is 1. The summed E-state index contributed by atoms with van der Waals surface area (Å²) in [6.45, 7) is 5.90. The van der Waals surface area contributed by atoms with Gasteiger partial charge in [-0.15, -0.1) is 5.10 Å². The van der Waals surface area contributed by atoms with Gasteiger partial charge in [-0.25, -0.2) is 18.7 Å². The van der Waals surface area contributed by atoms with Gasteiger partial charge in [0.05, 0.1) is 40.0 Å². The van der Waals surface area contributed by atoms with Gasteiger partial charge < -0.3 is 9.21 Å². The number of hydrogen-bond acceptors (Lipinski definition) is 7. The lowest BCUT2D eigenvalue weighted by molar-refractivity contribution is -0.117. The highest BCUT2D eigenvalue weighted by Crippen LogP contribution is 2.69. The summed E-state index contributed by atoms with van der Waals surface area (Å²) in [4.78, 5) is 25.2. The third kappa shape index (κ3) is 3.43. The second kappa shape index (κ2) is 8.33. The van der Waals surface area contributed by atoms with Crippen LogP contribution in [-0.2, 0) is 16.6 Å². The van der Waals surface area contributed by atoms with E-state index in [1.165, 1.54) is 18.2 Å². The fraction of sp³-hybridized carbons (Fsp3) is 0.357. The van der Waals surface area contributed by atoms with Crippen LogP contribution in [0.3, 0.4) is 0 Å². The van der Waals surface area contributed by atoms with Gasteiger partial charge in [-0.1, -0.05) is 19.9 Å². The van der Waals surface area contributed by atoms with E-state index in [9.17, 15) is 13.6 Å². The Bertz CT molecular complexity index is 1530. The predicted octanol–water partition coefficient (Wildman–Crippen LogP) is 5.59. The zero-order chi connectivity index (χ0) is 25.9. The lowest BCUT2D eigenvalue weighted by Gasteiger charge is -2.37. The van der Waals surface area contributed by atoms with E-state index in [2.05, 4.69) is 34.0 Å². The van der Waals surface area contributed by atoms with E-state index < -0.39 is 17.0 Å². The van der Waals surface area contributed by atoms with Crippen LogP contribution in [0.4, 0.5) is 8.78 Å². The Kier molecular flexibility index (Phi) is 5.29. The number of halogens is 2. The molecule has 2 aliphatic rings. The number of benzene rings is 1. The first-order valence-corrected chi connectivity index (χ1v) is 12.3. The molecule has 2 atom stereocenters. The Morgan fingerprint density at radius 3 is 2.65 bits per heavy atom. The molecule has 3 heterocycles. The average molecular weight is 502 g/mol. The highest BCUT2D eigenvalue weighted by Gasteiger charge is 2.65. The number of Topliss-reactive ketones (excluding diaryl/α,β-unsaturated/α-hetero) is 1. The SMILES string of the molecule is CC(=O)CCc1coc(-c2cncc([C@@]34CC[C@@H](c5cc(-c6c(F)cccc6F)nnc53)C4(C)C)n2)n1. The van der Waals surface area contributed by atoms with Crippen LogP contribution in [0.2, 0.25) is 0 Å². The summed E-state index contributed by atoms with van der Waals surface area (Å²) in [5, 5.41) is 8.85. The van der Waals surface area contributed by atoms with E-state index in [-0.39, 0.29) is 28.4 Å². The van der Waals surface area contributed by atoms with Crippen molar-refractivity contribution in [1.82, 2.24) is 25.1 Å². The molecule has 3 aromatic heterocycles. The maximum atomic E-state index is 14.5.